The molecule has 1 aromatic heterocycles. The molecule has 0 saturated carbocycles. The summed E-state index contributed by atoms with van der Waals surface area (Å²) >= 11 is 7.28. The predicted octanol–water partition coefficient (Wildman–Crippen LogP) is 3.74. The number of ether oxygens (including phenoxy) is 1. The molecule has 2 aromatic rings. The minimum absolute atomic E-state index is 0.577. The number of hydrogen-bond donors (Lipinski definition) is 0. The summed E-state index contributed by atoms with van der Waals surface area (Å²) in [6, 6.07) is 5.84. The fourth-order valence-electron chi connectivity index (χ4n) is 1.19. The number of aromatic nitrogens is 1. The molecule has 0 fully saturated rings. The Morgan fingerprint density at radius 1 is 1.50 bits per heavy atom. The van der Waals surface area contributed by atoms with E-state index in [-0.39, 0.29) is 0 Å². The summed E-state index contributed by atoms with van der Waals surface area (Å²) in [5, 5.41) is 0. The Hall–Kier alpha value is -0.800. The summed E-state index contributed by atoms with van der Waals surface area (Å²) in [5.74, 6) is 0.889. The van der Waals surface area contributed by atoms with Gasteiger partial charge >= 0.3 is 0 Å². The van der Waals surface area contributed by atoms with E-state index in [4.69, 9.17) is 16.3 Å². The number of nitrogens with zero attached hydrogens (tertiary/aromatic N) is 1. The number of hydrogen-bond acceptors (Lipinski definition) is 3. The Bertz CT molecular complexity index is 441. The lowest BCUT2D eigenvalue weighted by molar-refractivity contribution is 0.318. The van der Waals surface area contributed by atoms with Crippen LogP contribution in [-0.2, 0) is 0 Å². The fourth-order valence-corrected chi connectivity index (χ4v) is 2.25. The minimum Gasteiger partial charge on any atom is -0.494 e. The van der Waals surface area contributed by atoms with Crippen molar-refractivity contribution in [3.63, 3.8) is 0 Å². The monoisotopic (exact) mass is 227 g/mol. The lowest BCUT2D eigenvalue weighted by Gasteiger charge is -2.02. The smallest absolute Gasteiger partial charge is 0.184 e. The maximum atomic E-state index is 5.81. The molecule has 14 heavy (non-hydrogen) atoms. The molecule has 74 valence electrons. The van der Waals surface area contributed by atoms with E-state index >= 15 is 0 Å². The third-order valence-electron chi connectivity index (χ3n) is 1.81. The molecule has 0 spiro atoms. The topological polar surface area (TPSA) is 22.1 Å². The zero-order valence-electron chi connectivity index (χ0n) is 7.79. The second kappa shape index (κ2) is 4.15. The van der Waals surface area contributed by atoms with Crippen molar-refractivity contribution in [3.05, 3.63) is 22.7 Å². The number of fused-ring (bicyclic) bond motifs is 1. The molecule has 0 saturated heterocycles. The Balaban J connectivity index is 2.31. The van der Waals surface area contributed by atoms with Gasteiger partial charge in [0.05, 0.1) is 16.8 Å². The Labute approximate surface area is 91.5 Å². The summed E-state index contributed by atoms with van der Waals surface area (Å²) < 4.78 is 7.16. The van der Waals surface area contributed by atoms with E-state index in [1.165, 1.54) is 11.3 Å². The average Bonchev–Trinajstić information content (AvgIpc) is 2.54. The van der Waals surface area contributed by atoms with E-state index in [9.17, 15) is 0 Å². The number of rotatable bonds is 3. The molecule has 0 aliphatic heterocycles. The van der Waals surface area contributed by atoms with Gasteiger partial charge in [-0.05, 0) is 24.6 Å². The van der Waals surface area contributed by atoms with Gasteiger partial charge in [-0.15, -0.1) is 11.3 Å². The van der Waals surface area contributed by atoms with E-state index in [1.807, 2.05) is 18.2 Å². The molecule has 1 aromatic carbocycles. The fraction of sp³-hybridized carbons (Fsp3) is 0.300. The first-order valence-electron chi connectivity index (χ1n) is 4.48. The van der Waals surface area contributed by atoms with Crippen LogP contribution in [0.15, 0.2) is 18.2 Å². The maximum Gasteiger partial charge on any atom is 0.184 e. The summed E-state index contributed by atoms with van der Waals surface area (Å²) in [7, 11) is 0. The van der Waals surface area contributed by atoms with Gasteiger partial charge in [0.25, 0.3) is 0 Å². The van der Waals surface area contributed by atoms with Crippen LogP contribution in [-0.4, -0.2) is 11.6 Å². The third kappa shape index (κ3) is 1.99. The Morgan fingerprint density at radius 3 is 3.14 bits per heavy atom. The van der Waals surface area contributed by atoms with Crippen molar-refractivity contribution in [1.29, 1.82) is 0 Å². The second-order valence-corrected chi connectivity index (χ2v) is 4.56. The van der Waals surface area contributed by atoms with E-state index in [1.54, 1.807) is 0 Å². The molecule has 0 unspecified atom stereocenters. The molecule has 2 nitrogen and oxygen atoms in total. The van der Waals surface area contributed by atoms with Crippen molar-refractivity contribution in [2.75, 3.05) is 6.61 Å². The number of benzene rings is 1. The van der Waals surface area contributed by atoms with Crippen molar-refractivity contribution in [1.82, 2.24) is 4.98 Å². The second-order valence-electron chi connectivity index (χ2n) is 2.94. The quantitative estimate of drug-likeness (QED) is 0.797. The minimum atomic E-state index is 0.577. The van der Waals surface area contributed by atoms with Gasteiger partial charge in [-0.1, -0.05) is 18.5 Å². The molecular weight excluding hydrogens is 218 g/mol. The van der Waals surface area contributed by atoms with Crippen LogP contribution < -0.4 is 4.74 Å². The van der Waals surface area contributed by atoms with Gasteiger partial charge in [0.15, 0.2) is 4.47 Å². The highest BCUT2D eigenvalue weighted by molar-refractivity contribution is 7.22. The lowest BCUT2D eigenvalue weighted by Crippen LogP contribution is -1.93. The van der Waals surface area contributed by atoms with Crippen molar-refractivity contribution in [3.8, 4) is 5.75 Å². The normalized spacial score (nSPS) is 10.7. The van der Waals surface area contributed by atoms with Gasteiger partial charge in [0, 0.05) is 0 Å². The SMILES string of the molecule is CCCOc1ccc2nc(Cl)sc2c1. The molecule has 4 heteroatoms. The molecule has 0 bridgehead atoms. The van der Waals surface area contributed by atoms with Crippen molar-refractivity contribution < 1.29 is 4.74 Å². The molecule has 2 rings (SSSR count). The molecular formula is C10H10ClNOS. The van der Waals surface area contributed by atoms with E-state index < -0.39 is 0 Å². The van der Waals surface area contributed by atoms with Crippen LogP contribution in [0.4, 0.5) is 0 Å². The van der Waals surface area contributed by atoms with Gasteiger partial charge in [0.2, 0.25) is 0 Å². The van der Waals surface area contributed by atoms with E-state index in [2.05, 4.69) is 11.9 Å². The Morgan fingerprint density at radius 2 is 2.36 bits per heavy atom. The lowest BCUT2D eigenvalue weighted by atomic mass is 10.3. The van der Waals surface area contributed by atoms with Gasteiger partial charge in [-0.25, -0.2) is 4.98 Å². The third-order valence-corrected chi connectivity index (χ3v) is 2.93. The molecule has 0 radical (unpaired) electrons. The van der Waals surface area contributed by atoms with Crippen LogP contribution in [0.1, 0.15) is 13.3 Å². The van der Waals surface area contributed by atoms with E-state index in [0.717, 1.165) is 29.0 Å². The number of thiazole rings is 1. The first kappa shape index (κ1) is 9.74. The molecule has 0 aliphatic rings. The predicted molar refractivity (Wildman–Crippen MR) is 60.4 cm³/mol. The first-order chi connectivity index (χ1) is 6.79. The largest absolute Gasteiger partial charge is 0.494 e. The van der Waals surface area contributed by atoms with E-state index in [0.29, 0.717) is 4.47 Å². The van der Waals surface area contributed by atoms with Crippen LogP contribution in [0.2, 0.25) is 4.47 Å². The van der Waals surface area contributed by atoms with Crippen LogP contribution in [0.3, 0.4) is 0 Å². The standard InChI is InChI=1S/C10H10ClNOS/c1-2-5-13-7-3-4-8-9(6-7)14-10(11)12-8/h3-4,6H,2,5H2,1H3. The Kier molecular flexibility index (Phi) is 2.89. The van der Waals surface area contributed by atoms with Crippen LogP contribution in [0.5, 0.6) is 5.75 Å². The molecule has 0 amide bonds. The van der Waals surface area contributed by atoms with Crippen LogP contribution >= 0.6 is 22.9 Å². The highest BCUT2D eigenvalue weighted by atomic mass is 35.5. The van der Waals surface area contributed by atoms with Gasteiger partial charge in [-0.3, -0.25) is 0 Å². The highest BCUT2D eigenvalue weighted by Crippen LogP contribution is 2.28. The average molecular weight is 228 g/mol. The van der Waals surface area contributed by atoms with Crippen molar-refractivity contribution in [2.24, 2.45) is 0 Å². The first-order valence-corrected chi connectivity index (χ1v) is 5.68. The van der Waals surface area contributed by atoms with Crippen LogP contribution in [0, 0.1) is 0 Å². The molecule has 0 aliphatic carbocycles. The van der Waals surface area contributed by atoms with Gasteiger partial charge in [-0.2, -0.15) is 0 Å². The van der Waals surface area contributed by atoms with Gasteiger partial charge in [0.1, 0.15) is 5.75 Å². The molecule has 0 N–H and O–H groups in total. The van der Waals surface area contributed by atoms with Crippen molar-refractivity contribution in [2.45, 2.75) is 13.3 Å². The van der Waals surface area contributed by atoms with Crippen LogP contribution in [0.25, 0.3) is 10.2 Å². The molecule has 1 heterocycles. The highest BCUT2D eigenvalue weighted by Gasteiger charge is 2.02. The van der Waals surface area contributed by atoms with Crippen molar-refractivity contribution >= 4 is 33.2 Å². The summed E-state index contributed by atoms with van der Waals surface area (Å²) in [6.07, 6.45) is 1.02. The maximum absolute atomic E-state index is 5.81. The number of halogens is 1. The summed E-state index contributed by atoms with van der Waals surface area (Å²) in [4.78, 5) is 4.16. The summed E-state index contributed by atoms with van der Waals surface area (Å²) in [6.45, 7) is 2.83. The van der Waals surface area contributed by atoms with Gasteiger partial charge < -0.3 is 4.74 Å². The zero-order valence-corrected chi connectivity index (χ0v) is 9.36. The molecule has 0 atom stereocenters. The summed E-state index contributed by atoms with van der Waals surface area (Å²) in [5.41, 5.74) is 0.934. The zero-order chi connectivity index (χ0) is 9.97.